The summed E-state index contributed by atoms with van der Waals surface area (Å²) in [5.41, 5.74) is 0.809. The fourth-order valence-corrected chi connectivity index (χ4v) is 3.37. The lowest BCUT2D eigenvalue weighted by atomic mass is 9.77. The maximum atomic E-state index is 3.57. The van der Waals surface area contributed by atoms with Crippen molar-refractivity contribution in [1.82, 2.24) is 5.32 Å². The van der Waals surface area contributed by atoms with Crippen molar-refractivity contribution >= 4 is 0 Å². The minimum absolute atomic E-state index is 0.809. The molecule has 68 valence electrons. The quantitative estimate of drug-likeness (QED) is 0.628. The normalized spacial score (nSPS) is 47.5. The van der Waals surface area contributed by atoms with Crippen molar-refractivity contribution in [3.05, 3.63) is 0 Å². The Balaban J connectivity index is 1.63. The highest BCUT2D eigenvalue weighted by molar-refractivity contribution is 5.08. The van der Waals surface area contributed by atoms with Crippen LogP contribution in [0.2, 0.25) is 0 Å². The van der Waals surface area contributed by atoms with Crippen molar-refractivity contribution in [2.75, 3.05) is 13.1 Å². The van der Waals surface area contributed by atoms with E-state index in [4.69, 9.17) is 0 Å². The van der Waals surface area contributed by atoms with Crippen LogP contribution in [0.1, 0.15) is 38.5 Å². The molecule has 0 aromatic rings. The number of nitrogens with one attached hydrogen (secondary N) is 1. The third-order valence-electron chi connectivity index (χ3n) is 4.48. The summed E-state index contributed by atoms with van der Waals surface area (Å²) in [7, 11) is 0. The first kappa shape index (κ1) is 7.37. The molecule has 1 heteroatoms. The molecule has 2 unspecified atom stereocenters. The molecule has 3 fully saturated rings. The standard InChI is InChI=1S/C11H19N/c1-3-9(4-1)10-7-11(10)5-2-6-12-8-11/h9-10,12H,1-8H2. The summed E-state index contributed by atoms with van der Waals surface area (Å²) < 4.78 is 0. The summed E-state index contributed by atoms with van der Waals surface area (Å²) in [6.07, 6.45) is 9.14. The van der Waals surface area contributed by atoms with Crippen LogP contribution in [0.4, 0.5) is 0 Å². The van der Waals surface area contributed by atoms with E-state index in [1.165, 1.54) is 32.4 Å². The fraction of sp³-hybridized carbons (Fsp3) is 1.00. The maximum absolute atomic E-state index is 3.57. The van der Waals surface area contributed by atoms with Gasteiger partial charge in [-0.1, -0.05) is 19.3 Å². The molecule has 0 radical (unpaired) electrons. The number of piperidine rings is 1. The van der Waals surface area contributed by atoms with E-state index >= 15 is 0 Å². The highest BCUT2D eigenvalue weighted by Crippen LogP contribution is 2.63. The van der Waals surface area contributed by atoms with Crippen LogP contribution in [0.5, 0.6) is 0 Å². The number of hydrogen-bond acceptors (Lipinski definition) is 1. The Hall–Kier alpha value is -0.0400. The van der Waals surface area contributed by atoms with E-state index in [1.54, 1.807) is 19.3 Å². The molecule has 0 aromatic carbocycles. The van der Waals surface area contributed by atoms with Crippen LogP contribution in [0.25, 0.3) is 0 Å². The van der Waals surface area contributed by atoms with E-state index < -0.39 is 0 Å². The number of rotatable bonds is 1. The lowest BCUT2D eigenvalue weighted by Crippen LogP contribution is -2.34. The van der Waals surface area contributed by atoms with Gasteiger partial charge in [-0.3, -0.25) is 0 Å². The van der Waals surface area contributed by atoms with Crippen LogP contribution in [0, 0.1) is 17.3 Å². The molecular weight excluding hydrogens is 146 g/mol. The number of hydrogen-bond donors (Lipinski definition) is 1. The van der Waals surface area contributed by atoms with Crippen molar-refractivity contribution < 1.29 is 0 Å². The SMILES string of the molecule is C1CC(C2CC23CCCNC3)C1. The van der Waals surface area contributed by atoms with Crippen LogP contribution >= 0.6 is 0 Å². The largest absolute Gasteiger partial charge is 0.316 e. The predicted octanol–water partition coefficient (Wildman–Crippen LogP) is 2.18. The molecule has 1 aliphatic heterocycles. The van der Waals surface area contributed by atoms with Gasteiger partial charge in [0, 0.05) is 6.54 Å². The lowest BCUT2D eigenvalue weighted by molar-refractivity contribution is 0.214. The molecule has 2 saturated carbocycles. The zero-order valence-electron chi connectivity index (χ0n) is 7.81. The van der Waals surface area contributed by atoms with Crippen LogP contribution in [0.15, 0.2) is 0 Å². The van der Waals surface area contributed by atoms with Gasteiger partial charge in [0.15, 0.2) is 0 Å². The molecular formula is C11H19N. The first-order chi connectivity index (χ1) is 5.91. The van der Waals surface area contributed by atoms with Gasteiger partial charge in [0.25, 0.3) is 0 Å². The van der Waals surface area contributed by atoms with E-state index in [0.29, 0.717) is 0 Å². The molecule has 1 heterocycles. The van der Waals surface area contributed by atoms with E-state index in [-0.39, 0.29) is 0 Å². The second-order valence-electron chi connectivity index (χ2n) is 5.14. The third kappa shape index (κ3) is 0.953. The zero-order chi connectivity index (χ0) is 8.02. The van der Waals surface area contributed by atoms with Crippen LogP contribution in [0.3, 0.4) is 0 Å². The average molecular weight is 165 g/mol. The Kier molecular flexibility index (Phi) is 1.52. The highest BCUT2D eigenvalue weighted by atomic mass is 14.9. The van der Waals surface area contributed by atoms with Gasteiger partial charge in [0.2, 0.25) is 0 Å². The van der Waals surface area contributed by atoms with Crippen LogP contribution in [-0.2, 0) is 0 Å². The van der Waals surface area contributed by atoms with Crippen molar-refractivity contribution in [2.45, 2.75) is 38.5 Å². The Labute approximate surface area is 74.9 Å². The van der Waals surface area contributed by atoms with Gasteiger partial charge in [-0.15, -0.1) is 0 Å². The molecule has 3 rings (SSSR count). The Morgan fingerprint density at radius 2 is 2.08 bits per heavy atom. The average Bonchev–Trinajstić information content (AvgIpc) is 2.62. The van der Waals surface area contributed by atoms with Crippen LogP contribution < -0.4 is 5.32 Å². The molecule has 1 nitrogen and oxygen atoms in total. The predicted molar refractivity (Wildman–Crippen MR) is 50.0 cm³/mol. The lowest BCUT2D eigenvalue weighted by Gasteiger charge is -2.31. The van der Waals surface area contributed by atoms with Crippen molar-refractivity contribution in [3.8, 4) is 0 Å². The summed E-state index contributed by atoms with van der Waals surface area (Å²) in [4.78, 5) is 0. The maximum Gasteiger partial charge on any atom is 0.00107 e. The van der Waals surface area contributed by atoms with E-state index in [1.807, 2.05) is 0 Å². The Bertz CT molecular complexity index is 177. The van der Waals surface area contributed by atoms with E-state index in [9.17, 15) is 0 Å². The minimum atomic E-state index is 0.809. The van der Waals surface area contributed by atoms with Crippen molar-refractivity contribution in [2.24, 2.45) is 17.3 Å². The topological polar surface area (TPSA) is 12.0 Å². The summed E-state index contributed by atoms with van der Waals surface area (Å²) in [5.74, 6) is 2.28. The van der Waals surface area contributed by atoms with Crippen molar-refractivity contribution in [3.63, 3.8) is 0 Å². The summed E-state index contributed by atoms with van der Waals surface area (Å²) in [5, 5.41) is 3.57. The van der Waals surface area contributed by atoms with Gasteiger partial charge in [0.1, 0.15) is 0 Å². The molecule has 1 saturated heterocycles. The molecule has 3 aliphatic rings. The Morgan fingerprint density at radius 3 is 2.67 bits per heavy atom. The molecule has 2 aliphatic carbocycles. The first-order valence-corrected chi connectivity index (χ1v) is 5.61. The molecule has 1 spiro atoms. The van der Waals surface area contributed by atoms with Gasteiger partial charge in [-0.2, -0.15) is 0 Å². The smallest absolute Gasteiger partial charge is 0.00107 e. The minimum Gasteiger partial charge on any atom is -0.316 e. The van der Waals surface area contributed by atoms with E-state index in [2.05, 4.69) is 5.32 Å². The monoisotopic (exact) mass is 165 g/mol. The summed E-state index contributed by atoms with van der Waals surface area (Å²) in [6, 6.07) is 0. The van der Waals surface area contributed by atoms with Crippen LogP contribution in [-0.4, -0.2) is 13.1 Å². The fourth-order valence-electron chi connectivity index (χ4n) is 3.37. The van der Waals surface area contributed by atoms with Crippen molar-refractivity contribution in [1.29, 1.82) is 0 Å². The third-order valence-corrected chi connectivity index (χ3v) is 4.48. The van der Waals surface area contributed by atoms with Gasteiger partial charge in [-0.25, -0.2) is 0 Å². The molecule has 0 aromatic heterocycles. The summed E-state index contributed by atoms with van der Waals surface area (Å²) in [6.45, 7) is 2.62. The van der Waals surface area contributed by atoms with Gasteiger partial charge in [0.05, 0.1) is 0 Å². The highest BCUT2D eigenvalue weighted by Gasteiger charge is 2.57. The van der Waals surface area contributed by atoms with Gasteiger partial charge < -0.3 is 5.32 Å². The second-order valence-corrected chi connectivity index (χ2v) is 5.14. The Morgan fingerprint density at radius 1 is 1.17 bits per heavy atom. The molecule has 1 N–H and O–H groups in total. The molecule has 0 bridgehead atoms. The second kappa shape index (κ2) is 2.47. The summed E-state index contributed by atoms with van der Waals surface area (Å²) >= 11 is 0. The molecule has 0 amide bonds. The molecule has 12 heavy (non-hydrogen) atoms. The van der Waals surface area contributed by atoms with Gasteiger partial charge >= 0.3 is 0 Å². The molecule has 2 atom stereocenters. The van der Waals surface area contributed by atoms with Gasteiger partial charge in [-0.05, 0) is 43.1 Å². The van der Waals surface area contributed by atoms with E-state index in [0.717, 1.165) is 17.3 Å². The zero-order valence-corrected chi connectivity index (χ0v) is 7.81. The first-order valence-electron chi connectivity index (χ1n) is 5.61.